The van der Waals surface area contributed by atoms with Crippen LogP contribution in [-0.4, -0.2) is 6.04 Å². The van der Waals surface area contributed by atoms with Gasteiger partial charge in [-0.1, -0.05) is 65.7 Å². The number of nitrogens with two attached hydrogens (primary N) is 1. The minimum atomic E-state index is 0.237. The molecule has 0 aromatic heterocycles. The van der Waals surface area contributed by atoms with Gasteiger partial charge in [0.25, 0.3) is 0 Å². The summed E-state index contributed by atoms with van der Waals surface area (Å²) in [5, 5.41) is 0.822. The highest BCUT2D eigenvalue weighted by Crippen LogP contribution is 2.28. The van der Waals surface area contributed by atoms with E-state index in [0.717, 1.165) is 28.3 Å². The maximum atomic E-state index is 6.26. The number of hydrogen-bond donors (Lipinski definition) is 1. The Morgan fingerprint density at radius 1 is 1.26 bits per heavy atom. The lowest BCUT2D eigenvalue weighted by molar-refractivity contribution is 0.323. The standard InChI is InChI=1S/C16H23BrClN/c17-14-8-7-13(16(18)11-14)10-15(19)9-6-12-4-2-1-3-5-12/h7-8,11-12,15H,1-6,9-10,19H2. The molecule has 0 amide bonds. The van der Waals surface area contributed by atoms with Crippen molar-refractivity contribution in [2.45, 2.75) is 57.4 Å². The molecule has 106 valence electrons. The van der Waals surface area contributed by atoms with E-state index in [1.807, 2.05) is 12.1 Å². The smallest absolute Gasteiger partial charge is 0.0449 e. The highest BCUT2D eigenvalue weighted by atomic mass is 79.9. The number of halogens is 2. The van der Waals surface area contributed by atoms with E-state index in [1.54, 1.807) is 0 Å². The van der Waals surface area contributed by atoms with Crippen molar-refractivity contribution in [1.29, 1.82) is 0 Å². The molecule has 0 spiro atoms. The van der Waals surface area contributed by atoms with Crippen molar-refractivity contribution in [3.63, 3.8) is 0 Å². The Balaban J connectivity index is 1.78. The first-order chi connectivity index (χ1) is 9.15. The van der Waals surface area contributed by atoms with Crippen LogP contribution in [0, 0.1) is 5.92 Å². The molecule has 0 heterocycles. The first-order valence-electron chi connectivity index (χ1n) is 7.34. The normalized spacial score (nSPS) is 18.5. The van der Waals surface area contributed by atoms with Crippen LogP contribution in [0.4, 0.5) is 0 Å². The molecular formula is C16H23BrClN. The largest absolute Gasteiger partial charge is 0.327 e. The highest BCUT2D eigenvalue weighted by Gasteiger charge is 2.15. The fourth-order valence-corrected chi connectivity index (χ4v) is 3.75. The Morgan fingerprint density at radius 2 is 2.00 bits per heavy atom. The quantitative estimate of drug-likeness (QED) is 0.767. The van der Waals surface area contributed by atoms with Crippen LogP contribution in [0.1, 0.15) is 50.5 Å². The van der Waals surface area contributed by atoms with Crippen LogP contribution in [0.3, 0.4) is 0 Å². The van der Waals surface area contributed by atoms with E-state index in [1.165, 1.54) is 44.1 Å². The molecule has 1 aliphatic carbocycles. The van der Waals surface area contributed by atoms with Crippen molar-refractivity contribution in [2.24, 2.45) is 11.7 Å². The van der Waals surface area contributed by atoms with Gasteiger partial charge in [0.1, 0.15) is 0 Å². The number of rotatable bonds is 5. The Labute approximate surface area is 130 Å². The summed E-state index contributed by atoms with van der Waals surface area (Å²) in [5.41, 5.74) is 7.43. The van der Waals surface area contributed by atoms with Crippen molar-refractivity contribution in [1.82, 2.24) is 0 Å². The molecule has 1 aliphatic rings. The number of benzene rings is 1. The van der Waals surface area contributed by atoms with E-state index < -0.39 is 0 Å². The highest BCUT2D eigenvalue weighted by molar-refractivity contribution is 9.10. The lowest BCUT2D eigenvalue weighted by Crippen LogP contribution is -2.24. The van der Waals surface area contributed by atoms with Crippen LogP contribution in [-0.2, 0) is 6.42 Å². The van der Waals surface area contributed by atoms with E-state index >= 15 is 0 Å². The molecule has 1 aromatic rings. The second-order valence-electron chi connectivity index (χ2n) is 5.78. The summed E-state index contributed by atoms with van der Waals surface area (Å²) in [5.74, 6) is 0.917. The zero-order valence-corrected chi connectivity index (χ0v) is 13.7. The van der Waals surface area contributed by atoms with Crippen LogP contribution < -0.4 is 5.73 Å². The zero-order chi connectivity index (χ0) is 13.7. The predicted octanol–water partition coefficient (Wildman–Crippen LogP) is 5.33. The van der Waals surface area contributed by atoms with Crippen molar-refractivity contribution in [3.8, 4) is 0 Å². The second kappa shape index (κ2) is 7.66. The molecule has 0 aliphatic heterocycles. The van der Waals surface area contributed by atoms with Gasteiger partial charge in [0, 0.05) is 15.5 Å². The summed E-state index contributed by atoms with van der Waals surface area (Å²) in [6.07, 6.45) is 10.4. The van der Waals surface area contributed by atoms with E-state index in [0.29, 0.717) is 0 Å². The average molecular weight is 345 g/mol. The predicted molar refractivity (Wildman–Crippen MR) is 86.6 cm³/mol. The fraction of sp³-hybridized carbons (Fsp3) is 0.625. The van der Waals surface area contributed by atoms with E-state index in [9.17, 15) is 0 Å². The van der Waals surface area contributed by atoms with Gasteiger partial charge in [-0.15, -0.1) is 0 Å². The van der Waals surface area contributed by atoms with Crippen LogP contribution in [0.5, 0.6) is 0 Å². The summed E-state index contributed by atoms with van der Waals surface area (Å²) in [7, 11) is 0. The molecule has 1 unspecified atom stereocenters. The maximum absolute atomic E-state index is 6.26. The average Bonchev–Trinajstić information content (AvgIpc) is 2.41. The van der Waals surface area contributed by atoms with Crippen molar-refractivity contribution in [2.75, 3.05) is 0 Å². The Bertz CT molecular complexity index is 402. The van der Waals surface area contributed by atoms with Gasteiger partial charge >= 0.3 is 0 Å². The first kappa shape index (κ1) is 15.3. The third-order valence-corrected chi connectivity index (χ3v) is 5.01. The SMILES string of the molecule is NC(CCC1CCCCC1)Cc1ccc(Br)cc1Cl. The summed E-state index contributed by atoms with van der Waals surface area (Å²) in [6.45, 7) is 0. The minimum Gasteiger partial charge on any atom is -0.327 e. The van der Waals surface area contributed by atoms with Crippen LogP contribution in [0.2, 0.25) is 5.02 Å². The summed E-state index contributed by atoms with van der Waals surface area (Å²) < 4.78 is 1.03. The van der Waals surface area contributed by atoms with Gasteiger partial charge < -0.3 is 5.73 Å². The van der Waals surface area contributed by atoms with Crippen LogP contribution in [0.15, 0.2) is 22.7 Å². The second-order valence-corrected chi connectivity index (χ2v) is 7.10. The number of hydrogen-bond acceptors (Lipinski definition) is 1. The topological polar surface area (TPSA) is 26.0 Å². The molecule has 3 heteroatoms. The molecule has 1 atom stereocenters. The van der Waals surface area contributed by atoms with Crippen LogP contribution >= 0.6 is 27.5 Å². The van der Waals surface area contributed by atoms with E-state index in [4.69, 9.17) is 17.3 Å². The molecule has 2 N–H and O–H groups in total. The fourth-order valence-electron chi connectivity index (χ4n) is 3.00. The van der Waals surface area contributed by atoms with Gasteiger partial charge in [-0.3, -0.25) is 0 Å². The molecule has 19 heavy (non-hydrogen) atoms. The van der Waals surface area contributed by atoms with E-state index in [-0.39, 0.29) is 6.04 Å². The summed E-state index contributed by atoms with van der Waals surface area (Å²) in [4.78, 5) is 0. The molecule has 0 saturated heterocycles. The molecule has 1 nitrogen and oxygen atoms in total. The van der Waals surface area contributed by atoms with Crippen molar-refractivity contribution < 1.29 is 0 Å². The van der Waals surface area contributed by atoms with Crippen LogP contribution in [0.25, 0.3) is 0 Å². The lowest BCUT2D eigenvalue weighted by Gasteiger charge is -2.23. The Morgan fingerprint density at radius 3 is 2.68 bits per heavy atom. The van der Waals surface area contributed by atoms with Gasteiger partial charge in [0.15, 0.2) is 0 Å². The Kier molecular flexibility index (Phi) is 6.18. The van der Waals surface area contributed by atoms with Gasteiger partial charge in [-0.05, 0) is 42.9 Å². The molecule has 1 saturated carbocycles. The third kappa shape index (κ3) is 5.09. The molecular weight excluding hydrogens is 322 g/mol. The first-order valence-corrected chi connectivity index (χ1v) is 8.52. The van der Waals surface area contributed by atoms with Crippen molar-refractivity contribution in [3.05, 3.63) is 33.3 Å². The van der Waals surface area contributed by atoms with E-state index in [2.05, 4.69) is 22.0 Å². The van der Waals surface area contributed by atoms with Gasteiger partial charge in [-0.25, -0.2) is 0 Å². The molecule has 0 radical (unpaired) electrons. The molecule has 1 aromatic carbocycles. The maximum Gasteiger partial charge on any atom is 0.0449 e. The van der Waals surface area contributed by atoms with Gasteiger partial charge in [0.2, 0.25) is 0 Å². The van der Waals surface area contributed by atoms with Gasteiger partial charge in [-0.2, -0.15) is 0 Å². The summed E-state index contributed by atoms with van der Waals surface area (Å²) in [6, 6.07) is 6.30. The minimum absolute atomic E-state index is 0.237. The molecule has 2 rings (SSSR count). The van der Waals surface area contributed by atoms with Gasteiger partial charge in [0.05, 0.1) is 0 Å². The monoisotopic (exact) mass is 343 g/mol. The summed E-state index contributed by atoms with van der Waals surface area (Å²) >= 11 is 9.67. The molecule has 0 bridgehead atoms. The zero-order valence-electron chi connectivity index (χ0n) is 11.4. The van der Waals surface area contributed by atoms with Crippen molar-refractivity contribution >= 4 is 27.5 Å². The Hall–Kier alpha value is -0.0500. The molecule has 1 fully saturated rings. The lowest BCUT2D eigenvalue weighted by atomic mass is 9.85. The third-order valence-electron chi connectivity index (χ3n) is 4.17.